The smallest absolute Gasteiger partial charge is 0.244 e. The van der Waals surface area contributed by atoms with Gasteiger partial charge in [0.05, 0.1) is 28.6 Å². The van der Waals surface area contributed by atoms with Gasteiger partial charge in [0.25, 0.3) is 0 Å². The third-order valence-corrected chi connectivity index (χ3v) is 6.78. The third kappa shape index (κ3) is 4.31. The van der Waals surface area contributed by atoms with E-state index in [1.54, 1.807) is 18.1 Å². The quantitative estimate of drug-likeness (QED) is 0.569. The number of halogens is 1. The summed E-state index contributed by atoms with van der Waals surface area (Å²) in [6.07, 6.45) is 4.00. The first kappa shape index (κ1) is 21.4. The monoisotopic (exact) mass is 463 g/mol. The summed E-state index contributed by atoms with van der Waals surface area (Å²) in [5.41, 5.74) is 1.37. The molecule has 0 unspecified atom stereocenters. The average Bonchev–Trinajstić information content (AvgIpc) is 3.16. The minimum absolute atomic E-state index is 0.00150. The zero-order valence-corrected chi connectivity index (χ0v) is 18.7. The Morgan fingerprint density at radius 3 is 2.61 bits per heavy atom. The molecule has 0 bridgehead atoms. The van der Waals surface area contributed by atoms with E-state index in [1.165, 1.54) is 23.1 Å². The summed E-state index contributed by atoms with van der Waals surface area (Å²) in [7, 11) is -1.84. The van der Waals surface area contributed by atoms with Crippen LogP contribution in [0.3, 0.4) is 0 Å². The van der Waals surface area contributed by atoms with E-state index in [0.29, 0.717) is 48.0 Å². The van der Waals surface area contributed by atoms with E-state index in [0.717, 1.165) is 11.9 Å². The summed E-state index contributed by atoms with van der Waals surface area (Å²) in [5.74, 6) is 0.522. The number of ether oxygens (including phenoxy) is 1. The molecule has 3 aromatic rings. The molecule has 1 aromatic carbocycles. The van der Waals surface area contributed by atoms with Gasteiger partial charge in [-0.25, -0.2) is 18.1 Å². The number of carbonyl (C=O) groups excluding carboxylic acids is 1. The molecule has 4 rings (SSSR count). The van der Waals surface area contributed by atoms with Gasteiger partial charge in [-0.05, 0) is 18.2 Å². The van der Waals surface area contributed by atoms with E-state index in [1.807, 2.05) is 12.1 Å². The largest absolute Gasteiger partial charge is 0.495 e. The van der Waals surface area contributed by atoms with Gasteiger partial charge in [-0.1, -0.05) is 11.6 Å². The summed E-state index contributed by atoms with van der Waals surface area (Å²) >= 11 is 6.10. The van der Waals surface area contributed by atoms with Crippen molar-refractivity contribution in [2.24, 2.45) is 0 Å². The van der Waals surface area contributed by atoms with E-state index < -0.39 is 9.84 Å². The molecule has 164 valence electrons. The summed E-state index contributed by atoms with van der Waals surface area (Å²) in [5, 5.41) is 5.17. The van der Waals surface area contributed by atoms with E-state index in [9.17, 15) is 13.2 Å². The number of rotatable bonds is 5. The minimum atomic E-state index is -3.42. The molecule has 1 aliphatic rings. The van der Waals surface area contributed by atoms with Crippen LogP contribution in [0.15, 0.2) is 41.6 Å². The predicted molar refractivity (Wildman–Crippen MR) is 117 cm³/mol. The molecule has 1 fully saturated rings. The van der Waals surface area contributed by atoms with Crippen LogP contribution in [0.4, 0.5) is 5.69 Å². The van der Waals surface area contributed by atoms with Crippen molar-refractivity contribution < 1.29 is 17.9 Å². The van der Waals surface area contributed by atoms with Crippen molar-refractivity contribution in [3.8, 4) is 5.75 Å². The molecule has 0 aliphatic carbocycles. The van der Waals surface area contributed by atoms with Gasteiger partial charge in [0.1, 0.15) is 12.3 Å². The van der Waals surface area contributed by atoms with E-state index in [2.05, 4.69) is 15.0 Å². The highest BCUT2D eigenvalue weighted by Crippen LogP contribution is 2.30. The summed E-state index contributed by atoms with van der Waals surface area (Å²) < 4.78 is 30.7. The number of benzene rings is 1. The molecule has 1 saturated heterocycles. The number of pyridine rings is 1. The Kier molecular flexibility index (Phi) is 5.76. The number of fused-ring (bicyclic) bond motifs is 1. The highest BCUT2D eigenvalue weighted by molar-refractivity contribution is 7.91. The fourth-order valence-electron chi connectivity index (χ4n) is 3.68. The molecule has 3 heterocycles. The van der Waals surface area contributed by atoms with E-state index in [4.69, 9.17) is 16.3 Å². The lowest BCUT2D eigenvalue weighted by Gasteiger charge is -2.36. The third-order valence-electron chi connectivity index (χ3n) is 5.32. The first-order valence-electron chi connectivity index (χ1n) is 9.65. The van der Waals surface area contributed by atoms with Crippen LogP contribution in [0.5, 0.6) is 5.75 Å². The van der Waals surface area contributed by atoms with Crippen LogP contribution in [0.25, 0.3) is 11.0 Å². The number of methoxy groups -OCH3 is 1. The van der Waals surface area contributed by atoms with Gasteiger partial charge in [-0.15, -0.1) is 0 Å². The molecular formula is C20H22ClN5O4S. The molecule has 2 aromatic heterocycles. The fraction of sp³-hybridized carbons (Fsp3) is 0.350. The normalized spacial score (nSPS) is 14.8. The SMILES string of the molecule is COc1cc(N2CCN(C(=O)Cn3ncc4c(S(C)(=O)=O)ccnc43)CC2)ccc1Cl. The molecule has 11 heteroatoms. The van der Waals surface area contributed by atoms with Crippen LogP contribution in [0, 0.1) is 0 Å². The molecule has 1 amide bonds. The Morgan fingerprint density at radius 2 is 1.94 bits per heavy atom. The highest BCUT2D eigenvalue weighted by Gasteiger charge is 2.23. The second-order valence-corrected chi connectivity index (χ2v) is 9.70. The molecule has 0 N–H and O–H groups in total. The van der Waals surface area contributed by atoms with Gasteiger partial charge in [-0.3, -0.25) is 4.79 Å². The number of hydrogen-bond acceptors (Lipinski definition) is 7. The lowest BCUT2D eigenvalue weighted by molar-refractivity contribution is -0.132. The van der Waals surface area contributed by atoms with Crippen molar-refractivity contribution in [1.82, 2.24) is 19.7 Å². The second kappa shape index (κ2) is 8.35. The van der Waals surface area contributed by atoms with Crippen molar-refractivity contribution in [2.45, 2.75) is 11.4 Å². The summed E-state index contributed by atoms with van der Waals surface area (Å²) in [4.78, 5) is 21.2. The minimum Gasteiger partial charge on any atom is -0.495 e. The van der Waals surface area contributed by atoms with Crippen LogP contribution in [-0.4, -0.2) is 73.5 Å². The van der Waals surface area contributed by atoms with Crippen molar-refractivity contribution in [2.75, 3.05) is 44.4 Å². The van der Waals surface area contributed by atoms with Crippen LogP contribution < -0.4 is 9.64 Å². The zero-order valence-electron chi connectivity index (χ0n) is 17.2. The number of amides is 1. The summed E-state index contributed by atoms with van der Waals surface area (Å²) in [6, 6.07) is 7.06. The maximum atomic E-state index is 12.8. The topological polar surface area (TPSA) is 97.6 Å². The lowest BCUT2D eigenvalue weighted by atomic mass is 10.2. The zero-order chi connectivity index (χ0) is 22.2. The first-order chi connectivity index (χ1) is 14.8. The van der Waals surface area contributed by atoms with Gasteiger partial charge in [0, 0.05) is 50.4 Å². The van der Waals surface area contributed by atoms with Gasteiger partial charge in [0.15, 0.2) is 15.5 Å². The number of aromatic nitrogens is 3. The summed E-state index contributed by atoms with van der Waals surface area (Å²) in [6.45, 7) is 2.47. The maximum Gasteiger partial charge on any atom is 0.244 e. The number of hydrogen-bond donors (Lipinski definition) is 0. The Bertz CT molecular complexity index is 1240. The molecule has 31 heavy (non-hydrogen) atoms. The van der Waals surface area contributed by atoms with Crippen molar-refractivity contribution in [3.05, 3.63) is 41.7 Å². The van der Waals surface area contributed by atoms with Crippen LogP contribution in [0.1, 0.15) is 0 Å². The number of sulfone groups is 1. The van der Waals surface area contributed by atoms with Crippen LogP contribution in [0.2, 0.25) is 5.02 Å². The van der Waals surface area contributed by atoms with Crippen molar-refractivity contribution in [3.63, 3.8) is 0 Å². The molecule has 0 saturated carbocycles. The highest BCUT2D eigenvalue weighted by atomic mass is 35.5. The van der Waals surface area contributed by atoms with Gasteiger partial charge >= 0.3 is 0 Å². The predicted octanol–water partition coefficient (Wildman–Crippen LogP) is 1.85. The number of anilines is 1. The Balaban J connectivity index is 1.44. The number of carbonyl (C=O) groups is 1. The van der Waals surface area contributed by atoms with Crippen LogP contribution in [-0.2, 0) is 21.2 Å². The number of piperazine rings is 1. The Hall–Kier alpha value is -2.85. The average molecular weight is 464 g/mol. The molecule has 0 spiro atoms. The molecule has 9 nitrogen and oxygen atoms in total. The Morgan fingerprint density at radius 1 is 1.19 bits per heavy atom. The molecule has 1 aliphatic heterocycles. The van der Waals surface area contributed by atoms with E-state index in [-0.39, 0.29) is 17.3 Å². The first-order valence-corrected chi connectivity index (χ1v) is 11.9. The molecule has 0 atom stereocenters. The lowest BCUT2D eigenvalue weighted by Crippen LogP contribution is -2.49. The van der Waals surface area contributed by atoms with Crippen molar-refractivity contribution >= 4 is 44.1 Å². The standard InChI is InChI=1S/C20H22ClN5O4S/c1-30-17-11-14(3-4-16(17)21)24-7-9-25(10-8-24)19(27)13-26-20-15(12-23-26)18(5-6-22-20)31(2,28)29/h3-6,11-12H,7-10,13H2,1-2H3. The van der Waals surface area contributed by atoms with Gasteiger partial charge in [-0.2, -0.15) is 5.10 Å². The maximum absolute atomic E-state index is 12.8. The second-order valence-electron chi connectivity index (χ2n) is 7.31. The van der Waals surface area contributed by atoms with Crippen LogP contribution >= 0.6 is 11.6 Å². The molecule has 0 radical (unpaired) electrons. The van der Waals surface area contributed by atoms with Gasteiger partial charge in [0.2, 0.25) is 5.91 Å². The Labute approximate surface area is 185 Å². The molecular weight excluding hydrogens is 442 g/mol. The van der Waals surface area contributed by atoms with E-state index >= 15 is 0 Å². The fourth-order valence-corrected chi connectivity index (χ4v) is 4.73. The van der Waals surface area contributed by atoms with Gasteiger partial charge < -0.3 is 14.5 Å². The van der Waals surface area contributed by atoms with Crippen molar-refractivity contribution in [1.29, 1.82) is 0 Å². The number of nitrogens with zero attached hydrogens (tertiary/aromatic N) is 5.